The minimum absolute atomic E-state index is 0. The molecule has 4 heteroatoms. The molecule has 0 atom stereocenters. The predicted octanol–water partition coefficient (Wildman–Crippen LogP) is -1.81. The van der Waals surface area contributed by atoms with Crippen LogP contribution in [0.1, 0.15) is 0 Å². The van der Waals surface area contributed by atoms with E-state index in [0.29, 0.717) is 16.3 Å². The van der Waals surface area contributed by atoms with Crippen LogP contribution >= 0.6 is 0 Å². The van der Waals surface area contributed by atoms with Gasteiger partial charge in [0.2, 0.25) is 0 Å². The SMILES string of the molecule is COc1cccc([S-])c1N.[K+]. The Balaban J connectivity index is 0.000001000. The Bertz CT molecular complexity index is 242. The second-order valence-corrected chi connectivity index (χ2v) is 2.31. The van der Waals surface area contributed by atoms with Gasteiger partial charge >= 0.3 is 51.4 Å². The molecule has 2 nitrogen and oxygen atoms in total. The molecule has 0 aliphatic rings. The van der Waals surface area contributed by atoms with Crippen LogP contribution in [-0.4, -0.2) is 7.11 Å². The molecule has 0 saturated carbocycles. The molecule has 0 aromatic heterocycles. The van der Waals surface area contributed by atoms with E-state index in [1.54, 1.807) is 19.2 Å². The quantitative estimate of drug-likeness (QED) is 0.324. The minimum atomic E-state index is 0. The molecule has 0 radical (unpaired) electrons. The van der Waals surface area contributed by atoms with Gasteiger partial charge in [0, 0.05) is 0 Å². The summed E-state index contributed by atoms with van der Waals surface area (Å²) >= 11 is 4.90. The molecule has 1 rings (SSSR count). The van der Waals surface area contributed by atoms with Gasteiger partial charge in [-0.25, -0.2) is 0 Å². The van der Waals surface area contributed by atoms with Crippen LogP contribution in [0.2, 0.25) is 0 Å². The number of hydrogen-bond donors (Lipinski definition) is 1. The van der Waals surface area contributed by atoms with Crippen LogP contribution < -0.4 is 61.9 Å². The van der Waals surface area contributed by atoms with Crippen LogP contribution in [0, 0.1) is 0 Å². The fourth-order valence-corrected chi connectivity index (χ4v) is 0.881. The second kappa shape index (κ2) is 5.34. The van der Waals surface area contributed by atoms with Crippen molar-refractivity contribution in [3.63, 3.8) is 0 Å². The van der Waals surface area contributed by atoms with Crippen LogP contribution in [0.25, 0.3) is 0 Å². The van der Waals surface area contributed by atoms with Gasteiger partial charge in [0.1, 0.15) is 5.75 Å². The van der Waals surface area contributed by atoms with Crippen LogP contribution in [0.4, 0.5) is 5.69 Å². The first-order chi connectivity index (χ1) is 4.75. The Morgan fingerprint density at radius 2 is 2.09 bits per heavy atom. The third-order valence-electron chi connectivity index (χ3n) is 1.25. The Morgan fingerprint density at radius 1 is 1.45 bits per heavy atom. The standard InChI is InChI=1S/C7H9NOS.K/c1-9-5-3-2-4-6(10)7(5)8;/h2-4,10H,8H2,1H3;/q;+1/p-1. The first-order valence-electron chi connectivity index (χ1n) is 2.85. The van der Waals surface area contributed by atoms with Gasteiger partial charge in [-0.05, 0) is 6.07 Å². The van der Waals surface area contributed by atoms with Crippen molar-refractivity contribution < 1.29 is 56.1 Å². The summed E-state index contributed by atoms with van der Waals surface area (Å²) in [5, 5.41) is 0. The number of rotatable bonds is 1. The van der Waals surface area contributed by atoms with Crippen LogP contribution in [-0.2, 0) is 12.6 Å². The molecule has 0 saturated heterocycles. The number of nitrogens with two attached hydrogens (primary N) is 1. The molecule has 0 bridgehead atoms. The Kier molecular flexibility index (Phi) is 5.67. The summed E-state index contributed by atoms with van der Waals surface area (Å²) in [5.74, 6) is 0.646. The van der Waals surface area contributed by atoms with Gasteiger partial charge in [-0.3, -0.25) is 0 Å². The maximum absolute atomic E-state index is 5.56. The zero-order valence-corrected chi connectivity index (χ0v) is 10.6. The molecule has 0 spiro atoms. The zero-order chi connectivity index (χ0) is 7.56. The molecule has 11 heavy (non-hydrogen) atoms. The van der Waals surface area contributed by atoms with Crippen LogP contribution in [0.3, 0.4) is 0 Å². The topological polar surface area (TPSA) is 35.2 Å². The van der Waals surface area contributed by atoms with Gasteiger partial charge in [0.05, 0.1) is 12.8 Å². The van der Waals surface area contributed by atoms with Crippen molar-refractivity contribution in [2.24, 2.45) is 0 Å². The maximum Gasteiger partial charge on any atom is 1.00 e. The normalized spacial score (nSPS) is 8.45. The van der Waals surface area contributed by atoms with Gasteiger partial charge in [0.15, 0.2) is 0 Å². The molecule has 1 aromatic carbocycles. The third kappa shape index (κ3) is 2.89. The summed E-state index contributed by atoms with van der Waals surface area (Å²) in [4.78, 5) is 0.638. The van der Waals surface area contributed by atoms with Gasteiger partial charge in [-0.15, -0.1) is 4.90 Å². The molecule has 2 N–H and O–H groups in total. The van der Waals surface area contributed by atoms with E-state index in [1.165, 1.54) is 0 Å². The first kappa shape index (κ1) is 11.7. The van der Waals surface area contributed by atoms with E-state index in [9.17, 15) is 0 Å². The molecule has 0 heterocycles. The van der Waals surface area contributed by atoms with Crippen molar-refractivity contribution in [3.05, 3.63) is 18.2 Å². The average molecular weight is 193 g/mol. The molecule has 1 aromatic rings. The summed E-state index contributed by atoms with van der Waals surface area (Å²) in [5.41, 5.74) is 6.11. The smallest absolute Gasteiger partial charge is 0.778 e. The summed E-state index contributed by atoms with van der Waals surface area (Å²) in [6.07, 6.45) is 0. The van der Waals surface area contributed by atoms with Crippen molar-refractivity contribution in [2.45, 2.75) is 4.90 Å². The summed E-state index contributed by atoms with van der Waals surface area (Å²) in [6.45, 7) is 0. The molecular formula is C7H8KNOS. The van der Waals surface area contributed by atoms with E-state index in [-0.39, 0.29) is 51.4 Å². The number of para-hydroxylation sites is 1. The minimum Gasteiger partial charge on any atom is -0.778 e. The van der Waals surface area contributed by atoms with Crippen molar-refractivity contribution in [3.8, 4) is 5.75 Å². The van der Waals surface area contributed by atoms with E-state index >= 15 is 0 Å². The number of methoxy groups -OCH3 is 1. The average Bonchev–Trinajstić information content (AvgIpc) is 1.95. The first-order valence-corrected chi connectivity index (χ1v) is 3.26. The van der Waals surface area contributed by atoms with Gasteiger partial charge in [-0.1, -0.05) is 12.1 Å². The predicted molar refractivity (Wildman–Crippen MR) is 43.0 cm³/mol. The van der Waals surface area contributed by atoms with Gasteiger partial charge in [0.25, 0.3) is 0 Å². The summed E-state index contributed by atoms with van der Waals surface area (Å²) in [7, 11) is 1.57. The van der Waals surface area contributed by atoms with E-state index in [0.717, 1.165) is 0 Å². The number of ether oxygens (including phenoxy) is 1. The van der Waals surface area contributed by atoms with E-state index < -0.39 is 0 Å². The molecule has 0 aliphatic carbocycles. The van der Waals surface area contributed by atoms with Crippen molar-refractivity contribution in [1.82, 2.24) is 0 Å². The Hall–Kier alpha value is 0.676. The fourth-order valence-electron chi connectivity index (χ4n) is 0.702. The van der Waals surface area contributed by atoms with E-state index in [4.69, 9.17) is 23.1 Å². The second-order valence-electron chi connectivity index (χ2n) is 1.87. The molecule has 0 amide bonds. The largest absolute Gasteiger partial charge is 1.00 e. The fraction of sp³-hybridized carbons (Fsp3) is 0.143. The summed E-state index contributed by atoms with van der Waals surface area (Å²) in [6, 6.07) is 5.37. The molecule has 0 aliphatic heterocycles. The number of anilines is 1. The third-order valence-corrected chi connectivity index (χ3v) is 1.60. The van der Waals surface area contributed by atoms with Crippen molar-refractivity contribution >= 4 is 18.3 Å². The van der Waals surface area contributed by atoms with Crippen molar-refractivity contribution in [1.29, 1.82) is 0 Å². The number of nitrogen functional groups attached to an aromatic ring is 1. The van der Waals surface area contributed by atoms with Gasteiger partial charge < -0.3 is 23.1 Å². The molecule has 54 valence electrons. The summed E-state index contributed by atoms with van der Waals surface area (Å²) < 4.78 is 4.93. The van der Waals surface area contributed by atoms with Crippen LogP contribution in [0.5, 0.6) is 5.75 Å². The van der Waals surface area contributed by atoms with Gasteiger partial charge in [-0.2, -0.15) is 0 Å². The molecule has 0 unspecified atom stereocenters. The van der Waals surface area contributed by atoms with E-state index in [2.05, 4.69) is 0 Å². The Morgan fingerprint density at radius 3 is 2.55 bits per heavy atom. The monoisotopic (exact) mass is 193 g/mol. The number of benzene rings is 1. The number of hydrogen-bond acceptors (Lipinski definition) is 3. The maximum atomic E-state index is 5.56. The molecular weight excluding hydrogens is 185 g/mol. The molecule has 0 fully saturated rings. The zero-order valence-electron chi connectivity index (χ0n) is 6.63. The Labute approximate surface area is 114 Å². The van der Waals surface area contributed by atoms with Crippen molar-refractivity contribution in [2.75, 3.05) is 12.8 Å². The van der Waals surface area contributed by atoms with Crippen LogP contribution in [0.15, 0.2) is 23.1 Å². The van der Waals surface area contributed by atoms with E-state index in [1.807, 2.05) is 6.07 Å².